The highest BCUT2D eigenvalue weighted by atomic mass is 19.1. The second-order valence-corrected chi connectivity index (χ2v) is 6.26. The third kappa shape index (κ3) is 4.62. The molecule has 0 aliphatic rings. The molecule has 0 amide bonds. The van der Waals surface area contributed by atoms with Gasteiger partial charge in [0.25, 0.3) is 0 Å². The van der Waals surface area contributed by atoms with Gasteiger partial charge in [0.05, 0.1) is 11.8 Å². The Morgan fingerprint density at radius 2 is 2.04 bits per heavy atom. The normalized spacial score (nSPS) is 11.1. The molecule has 1 aromatic carbocycles. The largest absolute Gasteiger partial charge is 0.487 e. The van der Waals surface area contributed by atoms with E-state index in [9.17, 15) is 9.18 Å². The third-order valence-corrected chi connectivity index (χ3v) is 4.16. The Balaban J connectivity index is 1.78. The van der Waals surface area contributed by atoms with Gasteiger partial charge in [-0.25, -0.2) is 13.9 Å². The third-order valence-electron chi connectivity index (χ3n) is 4.16. The van der Waals surface area contributed by atoms with Gasteiger partial charge in [-0.2, -0.15) is 5.10 Å². The zero-order chi connectivity index (χ0) is 19.9. The number of aromatic nitrogens is 3. The van der Waals surface area contributed by atoms with Crippen LogP contribution in [0.25, 0.3) is 5.65 Å². The predicted octanol–water partition coefficient (Wildman–Crippen LogP) is 1.48. The molecular weight excluding hydrogens is 363 g/mol. The minimum atomic E-state index is -0.342. The fraction of sp³-hybridized carbons (Fsp3) is 0.316. The number of aldehydes is 1. The topological polar surface area (TPSA) is 92.6 Å². The van der Waals surface area contributed by atoms with Gasteiger partial charge in [0.15, 0.2) is 11.9 Å². The number of hydrogen-bond donors (Lipinski definition) is 3. The van der Waals surface area contributed by atoms with E-state index < -0.39 is 0 Å². The van der Waals surface area contributed by atoms with Gasteiger partial charge in [0, 0.05) is 31.4 Å². The highest BCUT2D eigenvalue weighted by molar-refractivity contribution is 5.83. The van der Waals surface area contributed by atoms with Crippen molar-refractivity contribution in [2.24, 2.45) is 0 Å². The maximum atomic E-state index is 13.8. The van der Waals surface area contributed by atoms with Crippen LogP contribution >= 0.6 is 0 Å². The Morgan fingerprint density at radius 1 is 1.25 bits per heavy atom. The van der Waals surface area contributed by atoms with E-state index in [0.717, 1.165) is 0 Å². The molecule has 0 saturated heterocycles. The summed E-state index contributed by atoms with van der Waals surface area (Å²) < 4.78 is 21.4. The first-order valence-corrected chi connectivity index (χ1v) is 8.92. The number of nitrogens with zero attached hydrogens (tertiary/aromatic N) is 3. The zero-order valence-corrected chi connectivity index (χ0v) is 15.8. The molecule has 0 saturated carbocycles. The van der Waals surface area contributed by atoms with Crippen molar-refractivity contribution in [3.63, 3.8) is 0 Å². The molecule has 148 valence electrons. The molecule has 0 aliphatic heterocycles. The summed E-state index contributed by atoms with van der Waals surface area (Å²) in [6, 6.07) is 6.18. The lowest BCUT2D eigenvalue weighted by molar-refractivity contribution is 0.112. The highest BCUT2D eigenvalue weighted by Crippen LogP contribution is 2.22. The number of anilines is 1. The smallest absolute Gasteiger partial charge is 0.167 e. The van der Waals surface area contributed by atoms with Gasteiger partial charge in [0.1, 0.15) is 23.5 Å². The molecule has 8 nitrogen and oxygen atoms in total. The number of hydrogen-bond acceptors (Lipinski definition) is 7. The monoisotopic (exact) mass is 386 g/mol. The van der Waals surface area contributed by atoms with Crippen LogP contribution in [0.4, 0.5) is 10.2 Å². The fourth-order valence-electron chi connectivity index (χ4n) is 2.85. The quantitative estimate of drug-likeness (QED) is 0.455. The predicted molar refractivity (Wildman–Crippen MR) is 104 cm³/mol. The van der Waals surface area contributed by atoms with Gasteiger partial charge in [-0.05, 0) is 38.4 Å². The molecule has 0 unspecified atom stereocenters. The summed E-state index contributed by atoms with van der Waals surface area (Å²) in [6.07, 6.45) is 3.77. The first-order chi connectivity index (χ1) is 13.6. The van der Waals surface area contributed by atoms with Crippen LogP contribution < -0.4 is 20.7 Å². The summed E-state index contributed by atoms with van der Waals surface area (Å²) in [6.45, 7) is 1.62. The van der Waals surface area contributed by atoms with Crippen LogP contribution in [0.1, 0.15) is 15.9 Å². The number of carbonyl (C=O) groups is 1. The van der Waals surface area contributed by atoms with Crippen LogP contribution in [-0.2, 0) is 6.54 Å². The van der Waals surface area contributed by atoms with E-state index in [0.29, 0.717) is 54.3 Å². The Bertz CT molecular complexity index is 939. The maximum Gasteiger partial charge on any atom is 0.167 e. The lowest BCUT2D eigenvalue weighted by Crippen LogP contribution is -2.37. The van der Waals surface area contributed by atoms with E-state index in [-0.39, 0.29) is 11.9 Å². The number of benzene rings is 1. The van der Waals surface area contributed by atoms with Gasteiger partial charge in [0.2, 0.25) is 0 Å². The zero-order valence-electron chi connectivity index (χ0n) is 15.8. The fourth-order valence-corrected chi connectivity index (χ4v) is 2.85. The molecule has 0 aliphatic carbocycles. The van der Waals surface area contributed by atoms with Crippen molar-refractivity contribution in [1.82, 2.24) is 25.2 Å². The van der Waals surface area contributed by atoms with E-state index in [1.807, 2.05) is 14.1 Å². The Kier molecular flexibility index (Phi) is 6.51. The second-order valence-electron chi connectivity index (χ2n) is 6.26. The van der Waals surface area contributed by atoms with E-state index >= 15 is 0 Å². The summed E-state index contributed by atoms with van der Waals surface area (Å²) in [5.41, 5.74) is 1.53. The van der Waals surface area contributed by atoms with Crippen LogP contribution in [0, 0.1) is 5.82 Å². The second kappa shape index (κ2) is 9.25. The van der Waals surface area contributed by atoms with Crippen molar-refractivity contribution < 1.29 is 13.9 Å². The molecule has 0 radical (unpaired) electrons. The molecular formula is C19H23FN6O2. The molecule has 0 bridgehead atoms. The molecule has 9 heteroatoms. The molecule has 0 fully saturated rings. The standard InChI is InChI=1S/C19H23FN6O2/c1-21-10-16(11-22-2)28-17-4-3-15(20)7-13(17)8-23-18-5-6-26-19(25-18)14(12-27)9-24-26/h3-7,9,12,16,21-22H,8,10-11H2,1-2H3,(H,23,25). The number of nitrogens with one attached hydrogen (secondary N) is 3. The van der Waals surface area contributed by atoms with Gasteiger partial charge < -0.3 is 20.7 Å². The molecule has 2 heterocycles. The summed E-state index contributed by atoms with van der Waals surface area (Å²) >= 11 is 0. The SMILES string of the molecule is CNCC(CNC)Oc1ccc(F)cc1CNc1ccn2ncc(C=O)c2n1. The number of halogens is 1. The van der Waals surface area contributed by atoms with Crippen molar-refractivity contribution in [3.05, 3.63) is 53.6 Å². The van der Waals surface area contributed by atoms with Crippen LogP contribution in [0.15, 0.2) is 36.7 Å². The average molecular weight is 386 g/mol. The Hall–Kier alpha value is -3.04. The number of carbonyl (C=O) groups excluding carboxylic acids is 1. The number of rotatable bonds is 10. The van der Waals surface area contributed by atoms with Crippen molar-refractivity contribution in [1.29, 1.82) is 0 Å². The van der Waals surface area contributed by atoms with E-state index in [2.05, 4.69) is 26.0 Å². The van der Waals surface area contributed by atoms with Crippen LogP contribution in [0.3, 0.4) is 0 Å². The number of likely N-dealkylation sites (N-methyl/N-ethyl adjacent to an activating group) is 2. The van der Waals surface area contributed by atoms with E-state index in [1.165, 1.54) is 22.8 Å². The lowest BCUT2D eigenvalue weighted by atomic mass is 10.2. The first kappa shape index (κ1) is 19.7. The van der Waals surface area contributed by atoms with E-state index in [4.69, 9.17) is 4.74 Å². The lowest BCUT2D eigenvalue weighted by Gasteiger charge is -2.21. The van der Waals surface area contributed by atoms with Crippen molar-refractivity contribution in [3.8, 4) is 5.75 Å². The van der Waals surface area contributed by atoms with Gasteiger partial charge >= 0.3 is 0 Å². The highest BCUT2D eigenvalue weighted by Gasteiger charge is 2.13. The maximum absolute atomic E-state index is 13.8. The van der Waals surface area contributed by atoms with Gasteiger partial charge in [-0.1, -0.05) is 0 Å². The molecule has 2 aromatic heterocycles. The minimum Gasteiger partial charge on any atom is -0.487 e. The number of ether oxygens (including phenoxy) is 1. The summed E-state index contributed by atoms with van der Waals surface area (Å²) in [5, 5.41) is 13.4. The van der Waals surface area contributed by atoms with Crippen molar-refractivity contribution in [2.45, 2.75) is 12.6 Å². The number of fused-ring (bicyclic) bond motifs is 1. The van der Waals surface area contributed by atoms with E-state index in [1.54, 1.807) is 18.3 Å². The Morgan fingerprint density at radius 3 is 2.75 bits per heavy atom. The van der Waals surface area contributed by atoms with Crippen LogP contribution in [0.5, 0.6) is 5.75 Å². The average Bonchev–Trinajstić information content (AvgIpc) is 3.11. The molecule has 3 aromatic rings. The summed E-state index contributed by atoms with van der Waals surface area (Å²) in [4.78, 5) is 15.5. The molecule has 3 rings (SSSR count). The van der Waals surface area contributed by atoms with Crippen molar-refractivity contribution >= 4 is 17.8 Å². The molecule has 3 N–H and O–H groups in total. The summed E-state index contributed by atoms with van der Waals surface area (Å²) in [5.74, 6) is 0.807. The molecule has 0 spiro atoms. The van der Waals surface area contributed by atoms with Gasteiger partial charge in [-0.3, -0.25) is 4.79 Å². The Labute approximate surface area is 162 Å². The molecule has 0 atom stereocenters. The minimum absolute atomic E-state index is 0.101. The van der Waals surface area contributed by atoms with Gasteiger partial charge in [-0.15, -0.1) is 0 Å². The first-order valence-electron chi connectivity index (χ1n) is 8.92. The molecule has 28 heavy (non-hydrogen) atoms. The van der Waals surface area contributed by atoms with Crippen LogP contribution in [-0.4, -0.2) is 54.2 Å². The van der Waals surface area contributed by atoms with Crippen molar-refractivity contribution in [2.75, 3.05) is 32.5 Å². The summed E-state index contributed by atoms with van der Waals surface area (Å²) in [7, 11) is 3.70. The van der Waals surface area contributed by atoms with Crippen LogP contribution in [0.2, 0.25) is 0 Å².